The number of benzene rings is 1. The van der Waals surface area contributed by atoms with Gasteiger partial charge in [-0.15, -0.1) is 0 Å². The standard InChI is InChI=1S/C14H20FN/c1-11(2)12-7-9-16(10-8-12)14-5-3-13(15)4-6-14/h3-6,11-12H,7-10H2,1-2H3. The predicted molar refractivity (Wildman–Crippen MR) is 66.2 cm³/mol. The molecule has 88 valence electrons. The van der Waals surface area contributed by atoms with Crippen molar-refractivity contribution in [2.45, 2.75) is 26.7 Å². The molecule has 2 heteroatoms. The summed E-state index contributed by atoms with van der Waals surface area (Å²) < 4.78 is 12.8. The second-order valence-electron chi connectivity index (χ2n) is 5.04. The molecule has 0 bridgehead atoms. The molecular weight excluding hydrogens is 201 g/mol. The Bertz CT molecular complexity index is 323. The SMILES string of the molecule is CC(C)C1CCN(c2ccc(F)cc2)CC1. The highest BCUT2D eigenvalue weighted by molar-refractivity contribution is 5.46. The van der Waals surface area contributed by atoms with Crippen molar-refractivity contribution in [2.24, 2.45) is 11.8 Å². The normalized spacial score (nSPS) is 18.1. The zero-order chi connectivity index (χ0) is 11.5. The van der Waals surface area contributed by atoms with Crippen molar-refractivity contribution in [3.05, 3.63) is 30.1 Å². The van der Waals surface area contributed by atoms with E-state index in [2.05, 4.69) is 18.7 Å². The van der Waals surface area contributed by atoms with Crippen LogP contribution in [0.25, 0.3) is 0 Å². The molecule has 1 aromatic rings. The molecule has 1 aromatic carbocycles. The van der Waals surface area contributed by atoms with Gasteiger partial charge >= 0.3 is 0 Å². The Hall–Kier alpha value is -1.05. The second-order valence-corrected chi connectivity index (χ2v) is 5.04. The lowest BCUT2D eigenvalue weighted by atomic mass is 9.86. The summed E-state index contributed by atoms with van der Waals surface area (Å²) in [4.78, 5) is 2.36. The first-order valence-corrected chi connectivity index (χ1v) is 6.17. The summed E-state index contributed by atoms with van der Waals surface area (Å²) in [5, 5.41) is 0. The molecule has 0 spiro atoms. The number of hydrogen-bond acceptors (Lipinski definition) is 1. The zero-order valence-corrected chi connectivity index (χ0v) is 10.1. The van der Waals surface area contributed by atoms with Gasteiger partial charge in [-0.1, -0.05) is 13.8 Å². The molecule has 0 saturated carbocycles. The third-order valence-electron chi connectivity index (χ3n) is 3.67. The van der Waals surface area contributed by atoms with Crippen LogP contribution in [0.15, 0.2) is 24.3 Å². The van der Waals surface area contributed by atoms with E-state index in [4.69, 9.17) is 0 Å². The van der Waals surface area contributed by atoms with Crippen LogP contribution in [0.3, 0.4) is 0 Å². The summed E-state index contributed by atoms with van der Waals surface area (Å²) in [5.74, 6) is 1.49. The van der Waals surface area contributed by atoms with Crippen molar-refractivity contribution in [3.8, 4) is 0 Å². The van der Waals surface area contributed by atoms with Gasteiger partial charge in [0.15, 0.2) is 0 Å². The van der Waals surface area contributed by atoms with E-state index in [0.717, 1.165) is 30.6 Å². The van der Waals surface area contributed by atoms with Gasteiger partial charge in [0.1, 0.15) is 5.82 Å². The first-order chi connectivity index (χ1) is 7.66. The monoisotopic (exact) mass is 221 g/mol. The highest BCUT2D eigenvalue weighted by Crippen LogP contribution is 2.27. The average molecular weight is 221 g/mol. The molecule has 0 unspecified atom stereocenters. The molecule has 1 heterocycles. The minimum Gasteiger partial charge on any atom is -0.372 e. The third kappa shape index (κ3) is 2.55. The lowest BCUT2D eigenvalue weighted by Crippen LogP contribution is -2.35. The van der Waals surface area contributed by atoms with E-state index < -0.39 is 0 Å². The quantitative estimate of drug-likeness (QED) is 0.736. The molecule has 2 rings (SSSR count). The number of rotatable bonds is 2. The summed E-state index contributed by atoms with van der Waals surface area (Å²) >= 11 is 0. The molecule has 0 atom stereocenters. The van der Waals surface area contributed by atoms with Gasteiger partial charge in [-0.2, -0.15) is 0 Å². The molecule has 0 amide bonds. The predicted octanol–water partition coefficient (Wildman–Crippen LogP) is 3.70. The molecule has 0 N–H and O–H groups in total. The molecular formula is C14H20FN. The fourth-order valence-electron chi connectivity index (χ4n) is 2.48. The molecule has 1 saturated heterocycles. The first kappa shape index (κ1) is 11.4. The number of piperidine rings is 1. The van der Waals surface area contributed by atoms with Gasteiger partial charge in [0.25, 0.3) is 0 Å². The maximum atomic E-state index is 12.8. The first-order valence-electron chi connectivity index (χ1n) is 6.17. The van der Waals surface area contributed by atoms with Crippen molar-refractivity contribution in [2.75, 3.05) is 18.0 Å². The van der Waals surface area contributed by atoms with Crippen molar-refractivity contribution < 1.29 is 4.39 Å². The Balaban J connectivity index is 1.96. The summed E-state index contributed by atoms with van der Waals surface area (Å²) in [5.41, 5.74) is 1.16. The summed E-state index contributed by atoms with van der Waals surface area (Å²) in [6, 6.07) is 6.85. The summed E-state index contributed by atoms with van der Waals surface area (Å²) in [6.45, 7) is 6.82. The van der Waals surface area contributed by atoms with Gasteiger partial charge in [0.05, 0.1) is 0 Å². The summed E-state index contributed by atoms with van der Waals surface area (Å²) in [7, 11) is 0. The lowest BCUT2D eigenvalue weighted by Gasteiger charge is -2.35. The minimum absolute atomic E-state index is 0.152. The van der Waals surface area contributed by atoms with E-state index in [-0.39, 0.29) is 5.82 Å². The van der Waals surface area contributed by atoms with Crippen molar-refractivity contribution in [1.29, 1.82) is 0 Å². The molecule has 16 heavy (non-hydrogen) atoms. The van der Waals surface area contributed by atoms with Crippen LogP contribution in [-0.4, -0.2) is 13.1 Å². The van der Waals surface area contributed by atoms with Gasteiger partial charge in [-0.3, -0.25) is 0 Å². The molecule has 0 aliphatic carbocycles. The van der Waals surface area contributed by atoms with Gasteiger partial charge in [-0.25, -0.2) is 4.39 Å². The van der Waals surface area contributed by atoms with Gasteiger partial charge < -0.3 is 4.90 Å². The Morgan fingerprint density at radius 2 is 1.69 bits per heavy atom. The molecule has 1 nitrogen and oxygen atoms in total. The maximum absolute atomic E-state index is 12.8. The smallest absolute Gasteiger partial charge is 0.123 e. The van der Waals surface area contributed by atoms with Gasteiger partial charge in [0, 0.05) is 18.8 Å². The molecule has 1 fully saturated rings. The lowest BCUT2D eigenvalue weighted by molar-refractivity contribution is 0.311. The third-order valence-corrected chi connectivity index (χ3v) is 3.67. The van der Waals surface area contributed by atoms with Gasteiger partial charge in [0.2, 0.25) is 0 Å². The molecule has 0 radical (unpaired) electrons. The van der Waals surface area contributed by atoms with Crippen LogP contribution in [-0.2, 0) is 0 Å². The van der Waals surface area contributed by atoms with E-state index in [9.17, 15) is 4.39 Å². The van der Waals surface area contributed by atoms with Crippen LogP contribution in [0.2, 0.25) is 0 Å². The van der Waals surface area contributed by atoms with E-state index >= 15 is 0 Å². The maximum Gasteiger partial charge on any atom is 0.123 e. The Morgan fingerprint density at radius 3 is 2.19 bits per heavy atom. The fourth-order valence-corrected chi connectivity index (χ4v) is 2.48. The topological polar surface area (TPSA) is 3.24 Å². The highest BCUT2D eigenvalue weighted by Gasteiger charge is 2.21. The largest absolute Gasteiger partial charge is 0.372 e. The van der Waals surface area contributed by atoms with Crippen molar-refractivity contribution in [3.63, 3.8) is 0 Å². The Labute approximate surface area is 97.3 Å². The number of halogens is 1. The van der Waals surface area contributed by atoms with Crippen LogP contribution in [0.5, 0.6) is 0 Å². The Kier molecular flexibility index (Phi) is 3.47. The van der Waals surface area contributed by atoms with E-state index in [1.165, 1.54) is 12.8 Å². The minimum atomic E-state index is -0.152. The van der Waals surface area contributed by atoms with Gasteiger partial charge in [-0.05, 0) is 48.9 Å². The van der Waals surface area contributed by atoms with Crippen LogP contribution >= 0.6 is 0 Å². The van der Waals surface area contributed by atoms with Crippen LogP contribution in [0.4, 0.5) is 10.1 Å². The van der Waals surface area contributed by atoms with Crippen molar-refractivity contribution >= 4 is 5.69 Å². The fraction of sp³-hybridized carbons (Fsp3) is 0.571. The van der Waals surface area contributed by atoms with Crippen LogP contribution < -0.4 is 4.90 Å². The highest BCUT2D eigenvalue weighted by atomic mass is 19.1. The Morgan fingerprint density at radius 1 is 1.12 bits per heavy atom. The van der Waals surface area contributed by atoms with E-state index in [0.29, 0.717) is 0 Å². The van der Waals surface area contributed by atoms with Crippen molar-refractivity contribution in [1.82, 2.24) is 0 Å². The zero-order valence-electron chi connectivity index (χ0n) is 10.1. The molecule has 1 aliphatic heterocycles. The van der Waals surface area contributed by atoms with Crippen LogP contribution in [0.1, 0.15) is 26.7 Å². The van der Waals surface area contributed by atoms with Crippen LogP contribution in [0, 0.1) is 17.7 Å². The summed E-state index contributed by atoms with van der Waals surface area (Å²) in [6.07, 6.45) is 2.52. The number of anilines is 1. The molecule has 0 aromatic heterocycles. The second kappa shape index (κ2) is 4.86. The number of hydrogen-bond donors (Lipinski definition) is 0. The van der Waals surface area contributed by atoms with E-state index in [1.807, 2.05) is 12.1 Å². The average Bonchev–Trinajstić information content (AvgIpc) is 2.30. The van der Waals surface area contributed by atoms with E-state index in [1.54, 1.807) is 12.1 Å². The number of nitrogens with zero attached hydrogens (tertiary/aromatic N) is 1. The molecule has 1 aliphatic rings.